The van der Waals surface area contributed by atoms with Gasteiger partial charge in [-0.3, -0.25) is 4.79 Å². The van der Waals surface area contributed by atoms with E-state index >= 15 is 0 Å². The van der Waals surface area contributed by atoms with Crippen LogP contribution in [0.2, 0.25) is 0 Å². The molecule has 2 aromatic heterocycles. The van der Waals surface area contributed by atoms with Crippen LogP contribution >= 0.6 is 27.3 Å². The van der Waals surface area contributed by atoms with Crippen molar-refractivity contribution >= 4 is 49.8 Å². The van der Waals surface area contributed by atoms with Crippen LogP contribution in [-0.2, 0) is 6.61 Å². The van der Waals surface area contributed by atoms with Gasteiger partial charge in [-0.05, 0) is 30.3 Å². The first-order chi connectivity index (χ1) is 13.1. The summed E-state index contributed by atoms with van der Waals surface area (Å²) < 4.78 is 20.4. The highest BCUT2D eigenvalue weighted by molar-refractivity contribution is 9.10. The number of carbonyl (C=O) groups excluding carboxylic acids is 1. The molecule has 0 aliphatic carbocycles. The van der Waals surface area contributed by atoms with Crippen LogP contribution in [0.5, 0.6) is 5.75 Å². The lowest BCUT2D eigenvalue weighted by molar-refractivity contribution is 0.102. The van der Waals surface area contributed by atoms with Gasteiger partial charge < -0.3 is 15.0 Å². The first kappa shape index (κ1) is 17.7. The molecule has 0 spiro atoms. The molecule has 0 fully saturated rings. The Labute approximate surface area is 166 Å². The van der Waals surface area contributed by atoms with Crippen molar-refractivity contribution in [2.24, 2.45) is 0 Å². The van der Waals surface area contributed by atoms with E-state index in [0.29, 0.717) is 33.4 Å². The Morgan fingerprint density at radius 1 is 1.30 bits per heavy atom. The van der Waals surface area contributed by atoms with Crippen molar-refractivity contribution in [1.82, 2.24) is 9.97 Å². The van der Waals surface area contributed by atoms with E-state index in [2.05, 4.69) is 31.2 Å². The number of amides is 1. The zero-order valence-electron chi connectivity index (χ0n) is 13.8. The van der Waals surface area contributed by atoms with Crippen LogP contribution < -0.4 is 10.1 Å². The second-order valence-electron chi connectivity index (χ2n) is 5.75. The van der Waals surface area contributed by atoms with Crippen LogP contribution in [0, 0.1) is 5.82 Å². The van der Waals surface area contributed by atoms with E-state index in [9.17, 15) is 9.18 Å². The van der Waals surface area contributed by atoms with Crippen molar-refractivity contribution in [3.8, 4) is 5.75 Å². The predicted octanol–water partition coefficient (Wildman–Crippen LogP) is 5.36. The zero-order valence-corrected chi connectivity index (χ0v) is 16.2. The molecule has 1 amide bonds. The summed E-state index contributed by atoms with van der Waals surface area (Å²) in [4.78, 5) is 19.7. The van der Waals surface area contributed by atoms with Crippen molar-refractivity contribution in [1.29, 1.82) is 0 Å². The molecule has 0 unspecified atom stereocenters. The molecule has 0 saturated heterocycles. The van der Waals surface area contributed by atoms with Crippen LogP contribution in [0.3, 0.4) is 0 Å². The largest absolute Gasteiger partial charge is 0.485 e. The number of nitrogens with zero attached hydrogens (tertiary/aromatic N) is 1. The van der Waals surface area contributed by atoms with Gasteiger partial charge in [-0.1, -0.05) is 28.1 Å². The maximum Gasteiger partial charge on any atom is 0.272 e. The minimum absolute atomic E-state index is 0.260. The number of H-pyrrole nitrogens is 1. The van der Waals surface area contributed by atoms with Crippen molar-refractivity contribution in [2.45, 2.75) is 6.61 Å². The third-order valence-electron chi connectivity index (χ3n) is 3.89. The molecule has 4 aromatic rings. The molecule has 27 heavy (non-hydrogen) atoms. The molecular weight excluding hydrogens is 433 g/mol. The number of anilines is 1. The Hall–Kier alpha value is -2.71. The number of fused-ring (bicyclic) bond motifs is 1. The Morgan fingerprint density at radius 2 is 2.15 bits per heavy atom. The van der Waals surface area contributed by atoms with Gasteiger partial charge in [0.1, 0.15) is 23.9 Å². The lowest BCUT2D eigenvalue weighted by Gasteiger charge is -2.11. The van der Waals surface area contributed by atoms with Gasteiger partial charge in [0, 0.05) is 15.2 Å². The predicted molar refractivity (Wildman–Crippen MR) is 107 cm³/mol. The van der Waals surface area contributed by atoms with Crippen molar-refractivity contribution in [2.75, 3.05) is 5.32 Å². The molecule has 2 N–H and O–H groups in total. The molecule has 4 rings (SSSR count). The van der Waals surface area contributed by atoms with Crippen LogP contribution in [0.25, 0.3) is 10.9 Å². The number of aromatic amines is 1. The lowest BCUT2D eigenvalue weighted by Crippen LogP contribution is -2.13. The third kappa shape index (κ3) is 3.86. The summed E-state index contributed by atoms with van der Waals surface area (Å²) in [5.74, 6) is -0.253. The fourth-order valence-corrected chi connectivity index (χ4v) is 3.60. The molecule has 2 aromatic carbocycles. The summed E-state index contributed by atoms with van der Waals surface area (Å²) in [6.45, 7) is 0.308. The molecule has 5 nitrogen and oxygen atoms in total. The molecule has 0 aliphatic heterocycles. The molecule has 0 aliphatic rings. The first-order valence-corrected chi connectivity index (χ1v) is 9.72. The second kappa shape index (κ2) is 7.50. The third-order valence-corrected chi connectivity index (χ3v) is 4.98. The number of hydrogen-bond donors (Lipinski definition) is 2. The minimum atomic E-state index is -0.401. The number of benzene rings is 2. The van der Waals surface area contributed by atoms with Gasteiger partial charge in [0.25, 0.3) is 5.91 Å². The van der Waals surface area contributed by atoms with Gasteiger partial charge in [-0.25, -0.2) is 9.37 Å². The topological polar surface area (TPSA) is 67.0 Å². The fourth-order valence-electron chi connectivity index (χ4n) is 2.63. The molecule has 136 valence electrons. The maximum atomic E-state index is 14.0. The summed E-state index contributed by atoms with van der Waals surface area (Å²) in [5, 5.41) is 5.06. The first-order valence-electron chi connectivity index (χ1n) is 7.98. The van der Waals surface area contributed by atoms with Gasteiger partial charge in [0.15, 0.2) is 0 Å². The maximum absolute atomic E-state index is 14.0. The number of thiazole rings is 1. The highest BCUT2D eigenvalue weighted by Gasteiger charge is 2.15. The molecule has 0 radical (unpaired) electrons. The van der Waals surface area contributed by atoms with Crippen LogP contribution in [0.15, 0.2) is 57.8 Å². The van der Waals surface area contributed by atoms with E-state index in [1.807, 2.05) is 11.4 Å². The summed E-state index contributed by atoms with van der Waals surface area (Å²) >= 11 is 4.74. The quantitative estimate of drug-likeness (QED) is 0.434. The molecule has 2 heterocycles. The van der Waals surface area contributed by atoms with Crippen molar-refractivity contribution in [3.63, 3.8) is 0 Å². The number of para-hydroxylation sites is 2. The zero-order chi connectivity index (χ0) is 18.8. The fraction of sp³-hybridized carbons (Fsp3) is 0.0526. The number of carbonyl (C=O) groups is 1. The van der Waals surface area contributed by atoms with Gasteiger partial charge in [0.05, 0.1) is 22.4 Å². The summed E-state index contributed by atoms with van der Waals surface area (Å²) in [6, 6.07) is 11.7. The number of aromatic nitrogens is 2. The van der Waals surface area contributed by atoms with Gasteiger partial charge in [-0.2, -0.15) is 0 Å². The molecular formula is C19H13BrFN3O2S. The molecule has 0 saturated carbocycles. The van der Waals surface area contributed by atoms with Gasteiger partial charge in [0.2, 0.25) is 0 Å². The lowest BCUT2D eigenvalue weighted by atomic mass is 10.2. The number of ether oxygens (including phenoxy) is 1. The summed E-state index contributed by atoms with van der Waals surface area (Å²) in [7, 11) is 0. The molecule has 0 atom stereocenters. The van der Waals surface area contributed by atoms with E-state index in [0.717, 1.165) is 5.69 Å². The number of hydrogen-bond acceptors (Lipinski definition) is 4. The van der Waals surface area contributed by atoms with Crippen molar-refractivity contribution in [3.05, 3.63) is 75.0 Å². The summed E-state index contributed by atoms with van der Waals surface area (Å²) in [5.41, 5.74) is 3.88. The second-order valence-corrected chi connectivity index (χ2v) is 7.38. The van der Waals surface area contributed by atoms with Gasteiger partial charge >= 0.3 is 0 Å². The highest BCUT2D eigenvalue weighted by Crippen LogP contribution is 2.27. The Morgan fingerprint density at radius 3 is 2.96 bits per heavy atom. The minimum Gasteiger partial charge on any atom is -0.485 e. The smallest absolute Gasteiger partial charge is 0.272 e. The van der Waals surface area contributed by atoms with E-state index in [1.165, 1.54) is 23.5 Å². The van der Waals surface area contributed by atoms with E-state index in [-0.39, 0.29) is 11.6 Å². The van der Waals surface area contributed by atoms with E-state index < -0.39 is 5.82 Å². The van der Waals surface area contributed by atoms with Crippen LogP contribution in [0.1, 0.15) is 16.2 Å². The SMILES string of the molecule is O=C(Nc1ccccc1OCc1cscn1)c1cc2c(F)cc(Br)cc2[nH]1. The average molecular weight is 446 g/mol. The standard InChI is InChI=1S/C19H13BrFN3O2S/c20-11-5-14(21)13-7-17(23-16(13)6-11)19(25)24-15-3-1-2-4-18(15)26-8-12-9-27-10-22-12/h1-7,9-10,23H,8H2,(H,24,25). The average Bonchev–Trinajstić information content (AvgIpc) is 3.30. The van der Waals surface area contributed by atoms with Crippen LogP contribution in [-0.4, -0.2) is 15.9 Å². The number of rotatable bonds is 5. The Bertz CT molecular complexity index is 1110. The normalized spacial score (nSPS) is 10.9. The Balaban J connectivity index is 1.55. The monoisotopic (exact) mass is 445 g/mol. The summed E-state index contributed by atoms with van der Waals surface area (Å²) in [6.07, 6.45) is 0. The molecule has 0 bridgehead atoms. The van der Waals surface area contributed by atoms with E-state index in [1.54, 1.807) is 29.8 Å². The molecule has 8 heteroatoms. The van der Waals surface area contributed by atoms with Crippen LogP contribution in [0.4, 0.5) is 10.1 Å². The van der Waals surface area contributed by atoms with Gasteiger partial charge in [-0.15, -0.1) is 11.3 Å². The highest BCUT2D eigenvalue weighted by atomic mass is 79.9. The Kier molecular flexibility index (Phi) is 4.91. The van der Waals surface area contributed by atoms with E-state index in [4.69, 9.17) is 4.74 Å². The number of halogens is 2. The number of nitrogens with one attached hydrogen (secondary N) is 2. The van der Waals surface area contributed by atoms with Crippen molar-refractivity contribution < 1.29 is 13.9 Å².